The van der Waals surface area contributed by atoms with Crippen LogP contribution in [0.2, 0.25) is 0 Å². The molecule has 2 rings (SSSR count). The first kappa shape index (κ1) is 14.5. The molecule has 0 radical (unpaired) electrons. The Morgan fingerprint density at radius 1 is 1.43 bits per heavy atom. The number of hydrogen-bond donors (Lipinski definition) is 1. The quantitative estimate of drug-likeness (QED) is 0.694. The van der Waals surface area contributed by atoms with Crippen LogP contribution >= 0.6 is 0 Å². The van der Waals surface area contributed by atoms with Gasteiger partial charge < -0.3 is 5.32 Å². The van der Waals surface area contributed by atoms with Gasteiger partial charge in [0.05, 0.1) is 6.20 Å². The zero-order chi connectivity index (χ0) is 15.4. The molecule has 1 amide bonds. The maximum absolute atomic E-state index is 12.2. The van der Waals surface area contributed by atoms with Gasteiger partial charge in [-0.3, -0.25) is 9.48 Å². The molecule has 0 saturated carbocycles. The van der Waals surface area contributed by atoms with Gasteiger partial charge in [0.15, 0.2) is 0 Å². The molecule has 5 heteroatoms. The first-order valence-corrected chi connectivity index (χ1v) is 6.49. The molecule has 0 spiro atoms. The Kier molecular flexibility index (Phi) is 4.19. The number of nitrogens with one attached hydrogen (secondary N) is 1. The van der Waals surface area contributed by atoms with Crippen LogP contribution in [0.15, 0.2) is 36.2 Å². The van der Waals surface area contributed by atoms with Crippen molar-refractivity contribution in [3.8, 4) is 6.07 Å². The molecule has 106 valence electrons. The number of hydrogen-bond acceptors (Lipinski definition) is 3. The number of anilines is 1. The molecule has 0 bridgehead atoms. The fourth-order valence-corrected chi connectivity index (χ4v) is 1.91. The molecule has 0 aliphatic heterocycles. The summed E-state index contributed by atoms with van der Waals surface area (Å²) in [4.78, 5) is 12.2. The maximum atomic E-state index is 12.2. The van der Waals surface area contributed by atoms with Crippen molar-refractivity contribution < 1.29 is 4.79 Å². The van der Waals surface area contributed by atoms with Gasteiger partial charge in [0.1, 0.15) is 11.6 Å². The summed E-state index contributed by atoms with van der Waals surface area (Å²) in [7, 11) is 1.78. The lowest BCUT2D eigenvalue weighted by Gasteiger charge is -2.09. The standard InChI is InChI=1S/C16H16N4O/c1-11-5-4-6-15(12(11)2)19-16(21)14(8-17)7-13-9-18-20(3)10-13/h4-7,9-10H,1-3H3,(H,19,21)/b14-7+. The smallest absolute Gasteiger partial charge is 0.266 e. The van der Waals surface area contributed by atoms with Gasteiger partial charge in [-0.2, -0.15) is 10.4 Å². The van der Waals surface area contributed by atoms with Gasteiger partial charge in [0.25, 0.3) is 5.91 Å². The van der Waals surface area contributed by atoms with Gasteiger partial charge in [0.2, 0.25) is 0 Å². The van der Waals surface area contributed by atoms with Crippen molar-refractivity contribution in [2.24, 2.45) is 7.05 Å². The molecular formula is C16H16N4O. The largest absolute Gasteiger partial charge is 0.321 e. The van der Waals surface area contributed by atoms with E-state index >= 15 is 0 Å². The third-order valence-corrected chi connectivity index (χ3v) is 3.25. The second-order valence-corrected chi connectivity index (χ2v) is 4.82. The molecule has 0 unspecified atom stereocenters. The lowest BCUT2D eigenvalue weighted by Crippen LogP contribution is -2.14. The Balaban J connectivity index is 2.24. The third-order valence-electron chi connectivity index (χ3n) is 3.25. The Labute approximate surface area is 123 Å². The number of carbonyl (C=O) groups is 1. The zero-order valence-electron chi connectivity index (χ0n) is 12.2. The molecule has 1 aromatic heterocycles. The number of carbonyl (C=O) groups excluding carboxylic acids is 1. The van der Waals surface area contributed by atoms with Gasteiger partial charge in [-0.25, -0.2) is 0 Å². The fourth-order valence-electron chi connectivity index (χ4n) is 1.91. The van der Waals surface area contributed by atoms with Gasteiger partial charge in [0, 0.05) is 24.5 Å². The highest BCUT2D eigenvalue weighted by atomic mass is 16.1. The average molecular weight is 280 g/mol. The predicted octanol–water partition coefficient (Wildman–Crippen LogP) is 2.58. The van der Waals surface area contributed by atoms with Gasteiger partial charge in [-0.1, -0.05) is 12.1 Å². The highest BCUT2D eigenvalue weighted by molar-refractivity contribution is 6.09. The molecule has 5 nitrogen and oxygen atoms in total. The van der Waals surface area contributed by atoms with E-state index < -0.39 is 5.91 Å². The Morgan fingerprint density at radius 3 is 2.81 bits per heavy atom. The van der Waals surface area contributed by atoms with Crippen molar-refractivity contribution in [1.82, 2.24) is 9.78 Å². The second-order valence-electron chi connectivity index (χ2n) is 4.82. The summed E-state index contributed by atoms with van der Waals surface area (Å²) in [5, 5.41) is 15.9. The van der Waals surface area contributed by atoms with E-state index in [4.69, 9.17) is 5.26 Å². The summed E-state index contributed by atoms with van der Waals surface area (Å²) in [5.41, 5.74) is 3.55. The number of nitrogens with zero attached hydrogens (tertiary/aromatic N) is 3. The zero-order valence-corrected chi connectivity index (χ0v) is 12.2. The number of rotatable bonds is 3. The summed E-state index contributed by atoms with van der Waals surface area (Å²) in [6, 6.07) is 7.59. The highest BCUT2D eigenvalue weighted by Crippen LogP contribution is 2.19. The van der Waals surface area contributed by atoms with Crippen LogP contribution in [0.3, 0.4) is 0 Å². The Bertz CT molecular complexity index is 750. The lowest BCUT2D eigenvalue weighted by atomic mass is 10.1. The molecule has 0 fully saturated rings. The summed E-state index contributed by atoms with van der Waals surface area (Å²) in [6.07, 6.45) is 4.86. The van der Waals surface area contributed by atoms with Crippen molar-refractivity contribution in [3.05, 3.63) is 52.9 Å². The summed E-state index contributed by atoms with van der Waals surface area (Å²) in [6.45, 7) is 3.91. The van der Waals surface area contributed by atoms with Gasteiger partial charge >= 0.3 is 0 Å². The predicted molar refractivity (Wildman–Crippen MR) is 81.3 cm³/mol. The van der Waals surface area contributed by atoms with E-state index in [9.17, 15) is 4.79 Å². The monoisotopic (exact) mass is 280 g/mol. The van der Waals surface area contributed by atoms with Gasteiger partial charge in [-0.05, 0) is 37.1 Å². The molecule has 21 heavy (non-hydrogen) atoms. The van der Waals surface area contributed by atoms with Crippen LogP contribution in [0.5, 0.6) is 0 Å². The molecule has 1 heterocycles. The highest BCUT2D eigenvalue weighted by Gasteiger charge is 2.11. The second kappa shape index (κ2) is 6.06. The van der Waals surface area contributed by atoms with E-state index in [1.807, 2.05) is 38.1 Å². The molecular weight excluding hydrogens is 264 g/mol. The summed E-state index contributed by atoms with van der Waals surface area (Å²) < 4.78 is 1.61. The molecule has 0 aliphatic rings. The van der Waals surface area contributed by atoms with Crippen molar-refractivity contribution in [2.45, 2.75) is 13.8 Å². The molecule has 0 aliphatic carbocycles. The molecule has 2 aromatic rings. The SMILES string of the molecule is Cc1cccc(NC(=O)/C(C#N)=C/c2cnn(C)c2)c1C. The molecule has 1 aromatic carbocycles. The number of benzene rings is 1. The van der Waals surface area contributed by atoms with Crippen LogP contribution < -0.4 is 5.32 Å². The van der Waals surface area contributed by atoms with Crippen LogP contribution in [-0.4, -0.2) is 15.7 Å². The third kappa shape index (κ3) is 3.37. The number of aromatic nitrogens is 2. The number of aryl methyl sites for hydroxylation is 2. The first-order valence-electron chi connectivity index (χ1n) is 6.49. The van der Waals surface area contributed by atoms with Crippen LogP contribution in [0, 0.1) is 25.2 Å². The van der Waals surface area contributed by atoms with Crippen molar-refractivity contribution >= 4 is 17.7 Å². The van der Waals surface area contributed by atoms with E-state index in [0.717, 1.165) is 11.1 Å². The molecule has 0 atom stereocenters. The van der Waals surface area contributed by atoms with Crippen molar-refractivity contribution in [2.75, 3.05) is 5.32 Å². The van der Waals surface area contributed by atoms with Gasteiger partial charge in [-0.15, -0.1) is 0 Å². The number of nitriles is 1. The lowest BCUT2D eigenvalue weighted by molar-refractivity contribution is -0.112. The Hall–Kier alpha value is -2.87. The topological polar surface area (TPSA) is 70.7 Å². The van der Waals surface area contributed by atoms with E-state index in [2.05, 4.69) is 10.4 Å². The van der Waals surface area contributed by atoms with E-state index in [0.29, 0.717) is 11.3 Å². The molecule has 1 N–H and O–H groups in total. The van der Waals surface area contributed by atoms with Crippen LogP contribution in [0.25, 0.3) is 6.08 Å². The van der Waals surface area contributed by atoms with E-state index in [-0.39, 0.29) is 5.57 Å². The van der Waals surface area contributed by atoms with Crippen molar-refractivity contribution in [1.29, 1.82) is 5.26 Å². The minimum atomic E-state index is -0.421. The summed E-state index contributed by atoms with van der Waals surface area (Å²) in [5.74, 6) is -0.421. The molecule has 0 saturated heterocycles. The van der Waals surface area contributed by atoms with Crippen LogP contribution in [0.1, 0.15) is 16.7 Å². The maximum Gasteiger partial charge on any atom is 0.266 e. The minimum Gasteiger partial charge on any atom is -0.321 e. The first-order chi connectivity index (χ1) is 10.0. The van der Waals surface area contributed by atoms with E-state index in [1.165, 1.54) is 6.08 Å². The number of amides is 1. The fraction of sp³-hybridized carbons (Fsp3) is 0.188. The van der Waals surface area contributed by atoms with Crippen molar-refractivity contribution in [3.63, 3.8) is 0 Å². The van der Waals surface area contributed by atoms with Crippen LogP contribution in [-0.2, 0) is 11.8 Å². The minimum absolute atomic E-state index is 0.0453. The van der Waals surface area contributed by atoms with E-state index in [1.54, 1.807) is 24.1 Å². The average Bonchev–Trinajstić information content (AvgIpc) is 2.86. The summed E-state index contributed by atoms with van der Waals surface area (Å²) >= 11 is 0. The van der Waals surface area contributed by atoms with Crippen LogP contribution in [0.4, 0.5) is 5.69 Å². The normalized spacial score (nSPS) is 11.0. The Morgan fingerprint density at radius 2 is 2.19 bits per heavy atom.